The fraction of sp³-hybridized carbons (Fsp3) is 0.812. The van der Waals surface area contributed by atoms with Gasteiger partial charge in [-0.3, -0.25) is 4.79 Å². The number of amides is 1. The van der Waals surface area contributed by atoms with Crippen molar-refractivity contribution in [2.75, 3.05) is 0 Å². The molecule has 21 heavy (non-hydrogen) atoms. The van der Waals surface area contributed by atoms with Crippen LogP contribution < -0.4 is 5.32 Å². The minimum absolute atomic E-state index is 0.150. The fourth-order valence-electron chi connectivity index (χ4n) is 2.81. The normalized spacial score (nSPS) is 22.5. The molecule has 1 aromatic rings. The van der Waals surface area contributed by atoms with E-state index in [4.69, 9.17) is 4.52 Å². The van der Waals surface area contributed by atoms with Gasteiger partial charge in [0.15, 0.2) is 5.82 Å². The Balaban J connectivity index is 1.68. The maximum Gasteiger partial charge on any atom is 0.226 e. The predicted molar refractivity (Wildman–Crippen MR) is 80.9 cm³/mol. The first kappa shape index (κ1) is 16.0. The van der Waals surface area contributed by atoms with Gasteiger partial charge in [-0.15, -0.1) is 0 Å². The molecule has 1 aromatic heterocycles. The van der Waals surface area contributed by atoms with Crippen LogP contribution in [0.2, 0.25) is 0 Å². The molecule has 1 saturated carbocycles. The number of hydrogen-bond donors (Lipinski definition) is 1. The van der Waals surface area contributed by atoms with Gasteiger partial charge in [0.25, 0.3) is 0 Å². The fourth-order valence-corrected chi connectivity index (χ4v) is 2.81. The third kappa shape index (κ3) is 4.83. The first-order valence-corrected chi connectivity index (χ1v) is 8.18. The van der Waals surface area contributed by atoms with Crippen molar-refractivity contribution >= 4 is 5.91 Å². The van der Waals surface area contributed by atoms with E-state index in [9.17, 15) is 4.79 Å². The quantitative estimate of drug-likeness (QED) is 0.874. The lowest BCUT2D eigenvalue weighted by Crippen LogP contribution is -2.40. The molecular weight excluding hydrogens is 266 g/mol. The smallest absolute Gasteiger partial charge is 0.226 e. The summed E-state index contributed by atoms with van der Waals surface area (Å²) in [7, 11) is 0. The van der Waals surface area contributed by atoms with Crippen LogP contribution in [0.25, 0.3) is 0 Å². The Hall–Kier alpha value is -1.39. The Morgan fingerprint density at radius 3 is 2.81 bits per heavy atom. The number of rotatable bonds is 6. The molecule has 1 aliphatic rings. The highest BCUT2D eigenvalue weighted by molar-refractivity contribution is 5.76. The van der Waals surface area contributed by atoms with Crippen molar-refractivity contribution in [3.63, 3.8) is 0 Å². The Labute approximate surface area is 126 Å². The molecule has 0 aliphatic heterocycles. The highest BCUT2D eigenvalue weighted by Crippen LogP contribution is 2.23. The minimum Gasteiger partial charge on any atom is -0.353 e. The first-order valence-electron chi connectivity index (χ1n) is 8.18. The monoisotopic (exact) mass is 293 g/mol. The molecule has 118 valence electrons. The van der Waals surface area contributed by atoms with Gasteiger partial charge in [0.2, 0.25) is 11.8 Å². The van der Waals surface area contributed by atoms with Gasteiger partial charge in [0.1, 0.15) is 0 Å². The Bertz CT molecular complexity index is 456. The number of carbonyl (C=O) groups is 1. The molecule has 1 aliphatic carbocycles. The molecule has 1 amide bonds. The standard InChI is InChI=1S/C16H27N3O2/c1-11(2)16-18-15(21-19-16)10-6-9-14(20)17-13-8-5-4-7-12(13)3/h11-13H,4-10H2,1-3H3,(H,17,20)/t12-,13-/m1/s1. The molecule has 0 spiro atoms. The lowest BCUT2D eigenvalue weighted by atomic mass is 9.86. The summed E-state index contributed by atoms with van der Waals surface area (Å²) in [5, 5.41) is 7.10. The summed E-state index contributed by atoms with van der Waals surface area (Å²) in [6, 6.07) is 0.363. The van der Waals surface area contributed by atoms with Crippen molar-refractivity contribution in [3.8, 4) is 0 Å². The number of hydrogen-bond acceptors (Lipinski definition) is 4. The molecule has 1 heterocycles. The van der Waals surface area contributed by atoms with E-state index in [1.807, 2.05) is 13.8 Å². The molecule has 0 bridgehead atoms. The highest BCUT2D eigenvalue weighted by Gasteiger charge is 2.22. The topological polar surface area (TPSA) is 68.0 Å². The molecule has 5 heteroatoms. The third-order valence-corrected chi connectivity index (χ3v) is 4.25. The number of aromatic nitrogens is 2. The average molecular weight is 293 g/mol. The van der Waals surface area contributed by atoms with E-state index in [0.717, 1.165) is 18.7 Å². The van der Waals surface area contributed by atoms with Crippen molar-refractivity contribution in [2.24, 2.45) is 5.92 Å². The van der Waals surface area contributed by atoms with Crippen molar-refractivity contribution in [1.29, 1.82) is 0 Å². The van der Waals surface area contributed by atoms with Crippen LogP contribution in [0.15, 0.2) is 4.52 Å². The van der Waals surface area contributed by atoms with Gasteiger partial charge in [-0.1, -0.05) is 38.8 Å². The molecule has 1 fully saturated rings. The first-order chi connectivity index (χ1) is 10.1. The second-order valence-corrected chi connectivity index (χ2v) is 6.49. The second-order valence-electron chi connectivity index (χ2n) is 6.49. The highest BCUT2D eigenvalue weighted by atomic mass is 16.5. The zero-order chi connectivity index (χ0) is 15.2. The lowest BCUT2D eigenvalue weighted by Gasteiger charge is -2.29. The van der Waals surface area contributed by atoms with Gasteiger partial charge < -0.3 is 9.84 Å². The summed E-state index contributed by atoms with van der Waals surface area (Å²) in [4.78, 5) is 16.3. The number of aryl methyl sites for hydroxylation is 1. The minimum atomic E-state index is 0.150. The van der Waals surface area contributed by atoms with Crippen LogP contribution in [0, 0.1) is 5.92 Å². The number of carbonyl (C=O) groups excluding carboxylic acids is 1. The molecule has 0 aromatic carbocycles. The Morgan fingerprint density at radius 1 is 1.38 bits per heavy atom. The summed E-state index contributed by atoms with van der Waals surface area (Å²) < 4.78 is 5.18. The van der Waals surface area contributed by atoms with E-state index in [2.05, 4.69) is 22.4 Å². The van der Waals surface area contributed by atoms with E-state index in [1.54, 1.807) is 0 Å². The Kier molecular flexibility index (Phi) is 5.76. The van der Waals surface area contributed by atoms with Crippen molar-refractivity contribution in [2.45, 2.75) is 77.7 Å². The van der Waals surface area contributed by atoms with Gasteiger partial charge >= 0.3 is 0 Å². The van der Waals surface area contributed by atoms with Crippen LogP contribution in [0.4, 0.5) is 0 Å². The summed E-state index contributed by atoms with van der Waals surface area (Å²) in [6.07, 6.45) is 6.83. The van der Waals surface area contributed by atoms with Crippen LogP contribution >= 0.6 is 0 Å². The van der Waals surface area contributed by atoms with E-state index in [-0.39, 0.29) is 11.8 Å². The van der Waals surface area contributed by atoms with Crippen molar-refractivity contribution in [1.82, 2.24) is 15.5 Å². The summed E-state index contributed by atoms with van der Waals surface area (Å²) in [6.45, 7) is 6.30. The maximum absolute atomic E-state index is 12.0. The third-order valence-electron chi connectivity index (χ3n) is 4.25. The molecule has 2 atom stereocenters. The largest absolute Gasteiger partial charge is 0.353 e. The summed E-state index contributed by atoms with van der Waals surface area (Å²) in [5.41, 5.74) is 0. The zero-order valence-electron chi connectivity index (χ0n) is 13.4. The zero-order valence-corrected chi connectivity index (χ0v) is 13.4. The van der Waals surface area contributed by atoms with Crippen molar-refractivity contribution < 1.29 is 9.32 Å². The van der Waals surface area contributed by atoms with Crippen LogP contribution in [0.5, 0.6) is 0 Å². The van der Waals surface area contributed by atoms with E-state index >= 15 is 0 Å². The summed E-state index contributed by atoms with van der Waals surface area (Å²) >= 11 is 0. The van der Waals surface area contributed by atoms with E-state index in [0.29, 0.717) is 30.7 Å². The molecule has 0 unspecified atom stereocenters. The van der Waals surface area contributed by atoms with E-state index < -0.39 is 0 Å². The molecule has 0 radical (unpaired) electrons. The number of nitrogens with one attached hydrogen (secondary N) is 1. The average Bonchev–Trinajstić information content (AvgIpc) is 2.90. The van der Waals surface area contributed by atoms with Gasteiger partial charge in [-0.2, -0.15) is 4.98 Å². The maximum atomic E-state index is 12.0. The Morgan fingerprint density at radius 2 is 2.14 bits per heavy atom. The van der Waals surface area contributed by atoms with Crippen LogP contribution in [0.3, 0.4) is 0 Å². The SMILES string of the molecule is CC(C)c1noc(CCCC(=O)N[C@@H]2CCCC[C@H]2C)n1. The molecule has 1 N–H and O–H groups in total. The van der Waals surface area contributed by atoms with Crippen LogP contribution in [0.1, 0.15) is 76.9 Å². The molecular formula is C16H27N3O2. The van der Waals surface area contributed by atoms with Gasteiger partial charge in [-0.05, 0) is 25.2 Å². The molecule has 2 rings (SSSR count). The molecule has 0 saturated heterocycles. The summed E-state index contributed by atoms with van der Waals surface area (Å²) in [5.74, 6) is 2.41. The van der Waals surface area contributed by atoms with E-state index in [1.165, 1.54) is 19.3 Å². The van der Waals surface area contributed by atoms with Crippen LogP contribution in [-0.4, -0.2) is 22.1 Å². The van der Waals surface area contributed by atoms with Gasteiger partial charge in [-0.25, -0.2) is 0 Å². The molecule has 5 nitrogen and oxygen atoms in total. The predicted octanol–water partition coefficient (Wildman–Crippen LogP) is 3.21. The second kappa shape index (κ2) is 7.57. The van der Waals surface area contributed by atoms with Gasteiger partial charge in [0.05, 0.1) is 0 Å². The van der Waals surface area contributed by atoms with Crippen LogP contribution in [-0.2, 0) is 11.2 Å². The lowest BCUT2D eigenvalue weighted by molar-refractivity contribution is -0.122. The van der Waals surface area contributed by atoms with Gasteiger partial charge in [0, 0.05) is 24.8 Å². The van der Waals surface area contributed by atoms with Crippen molar-refractivity contribution in [3.05, 3.63) is 11.7 Å². The number of nitrogens with zero attached hydrogens (tertiary/aromatic N) is 2.